The largest absolute Gasteiger partial charge is 0.396 e. The molecule has 0 saturated heterocycles. The van der Waals surface area contributed by atoms with Gasteiger partial charge in [0.1, 0.15) is 6.54 Å². The van der Waals surface area contributed by atoms with Crippen molar-refractivity contribution >= 4 is 5.91 Å². The fourth-order valence-electron chi connectivity index (χ4n) is 1.30. The monoisotopic (exact) mass is 255 g/mol. The van der Waals surface area contributed by atoms with E-state index in [1.54, 1.807) is 6.92 Å². The highest BCUT2D eigenvalue weighted by Crippen LogP contribution is 1.89. The quantitative estimate of drug-likeness (QED) is 0.655. The highest BCUT2D eigenvalue weighted by molar-refractivity contribution is 5.75. The molecular weight excluding hydrogens is 238 g/mol. The van der Waals surface area contributed by atoms with Crippen molar-refractivity contribution in [1.82, 2.24) is 14.5 Å². The van der Waals surface area contributed by atoms with Gasteiger partial charge in [-0.1, -0.05) is 6.92 Å². The molecule has 1 aromatic rings. The molecule has 0 bridgehead atoms. The second-order valence-corrected chi connectivity index (χ2v) is 4.22. The van der Waals surface area contributed by atoms with E-state index in [2.05, 4.69) is 5.32 Å². The molecule has 0 aliphatic rings. The van der Waals surface area contributed by atoms with Crippen molar-refractivity contribution in [3.8, 4) is 0 Å². The van der Waals surface area contributed by atoms with E-state index in [9.17, 15) is 14.4 Å². The Morgan fingerprint density at radius 3 is 2.78 bits per heavy atom. The van der Waals surface area contributed by atoms with Crippen LogP contribution in [0.2, 0.25) is 0 Å². The minimum absolute atomic E-state index is 0.0138. The molecule has 1 amide bonds. The van der Waals surface area contributed by atoms with Gasteiger partial charge >= 0.3 is 5.69 Å². The van der Waals surface area contributed by atoms with Gasteiger partial charge in [0, 0.05) is 32.5 Å². The number of aliphatic hydroxyl groups is 1. The summed E-state index contributed by atoms with van der Waals surface area (Å²) < 4.78 is 2.09. The van der Waals surface area contributed by atoms with Gasteiger partial charge in [0.05, 0.1) is 0 Å². The molecule has 1 atom stereocenters. The van der Waals surface area contributed by atoms with Crippen molar-refractivity contribution in [1.29, 1.82) is 0 Å². The minimum atomic E-state index is -0.534. The molecule has 0 saturated carbocycles. The van der Waals surface area contributed by atoms with Gasteiger partial charge in [-0.15, -0.1) is 0 Å². The number of carbonyl (C=O) groups excluding carboxylic acids is 1. The normalized spacial score (nSPS) is 12.2. The predicted molar refractivity (Wildman–Crippen MR) is 65.2 cm³/mol. The summed E-state index contributed by atoms with van der Waals surface area (Å²) in [7, 11) is 1.35. The van der Waals surface area contributed by atoms with Crippen molar-refractivity contribution < 1.29 is 9.90 Å². The third-order valence-electron chi connectivity index (χ3n) is 2.53. The molecule has 1 unspecified atom stereocenters. The summed E-state index contributed by atoms with van der Waals surface area (Å²) in [5.74, 6) is -0.373. The summed E-state index contributed by atoms with van der Waals surface area (Å²) in [6, 6.07) is 1.23. The Labute approximate surface area is 104 Å². The molecule has 18 heavy (non-hydrogen) atoms. The lowest BCUT2D eigenvalue weighted by atomic mass is 10.2. The van der Waals surface area contributed by atoms with Gasteiger partial charge in [0.2, 0.25) is 5.91 Å². The van der Waals surface area contributed by atoms with E-state index in [-0.39, 0.29) is 25.0 Å². The van der Waals surface area contributed by atoms with E-state index in [1.807, 2.05) is 0 Å². The molecule has 0 aromatic carbocycles. The van der Waals surface area contributed by atoms with Crippen LogP contribution in [-0.2, 0) is 18.4 Å². The Morgan fingerprint density at radius 2 is 2.17 bits per heavy atom. The average molecular weight is 255 g/mol. The Bertz CT molecular complexity index is 532. The maximum atomic E-state index is 11.6. The zero-order chi connectivity index (χ0) is 13.7. The van der Waals surface area contributed by atoms with Crippen LogP contribution in [0.4, 0.5) is 0 Å². The van der Waals surface area contributed by atoms with E-state index < -0.39 is 11.2 Å². The minimum Gasteiger partial charge on any atom is -0.396 e. The number of nitrogens with zero attached hydrogens (tertiary/aromatic N) is 2. The van der Waals surface area contributed by atoms with Crippen LogP contribution in [0, 0.1) is 5.92 Å². The zero-order valence-corrected chi connectivity index (χ0v) is 10.4. The van der Waals surface area contributed by atoms with Crippen LogP contribution < -0.4 is 16.6 Å². The van der Waals surface area contributed by atoms with Gasteiger partial charge in [-0.25, -0.2) is 4.79 Å². The lowest BCUT2D eigenvalue weighted by Crippen LogP contribution is -2.41. The number of carbonyl (C=O) groups is 1. The maximum Gasteiger partial charge on any atom is 0.331 e. The van der Waals surface area contributed by atoms with Gasteiger partial charge in [0.25, 0.3) is 5.56 Å². The van der Waals surface area contributed by atoms with Crippen molar-refractivity contribution in [2.45, 2.75) is 13.5 Å². The van der Waals surface area contributed by atoms with Gasteiger partial charge in [-0.05, 0) is 5.92 Å². The van der Waals surface area contributed by atoms with E-state index in [0.717, 1.165) is 9.13 Å². The summed E-state index contributed by atoms with van der Waals surface area (Å²) in [6.07, 6.45) is 1.29. The Kier molecular flexibility index (Phi) is 4.85. The average Bonchev–Trinajstić information content (AvgIpc) is 2.36. The SMILES string of the molecule is CC(CO)CNC(=O)Cn1ccc(=O)n(C)c1=O. The maximum absolute atomic E-state index is 11.6. The smallest absolute Gasteiger partial charge is 0.331 e. The van der Waals surface area contributed by atoms with Crippen molar-refractivity contribution in [3.05, 3.63) is 33.1 Å². The molecule has 0 spiro atoms. The molecule has 7 nitrogen and oxygen atoms in total. The second-order valence-electron chi connectivity index (χ2n) is 4.22. The van der Waals surface area contributed by atoms with Crippen LogP contribution in [0.3, 0.4) is 0 Å². The summed E-state index contributed by atoms with van der Waals surface area (Å²) in [5, 5.41) is 11.4. The molecule has 0 radical (unpaired) electrons. The summed E-state index contributed by atoms with van der Waals surface area (Å²) in [4.78, 5) is 34.3. The number of hydrogen-bond acceptors (Lipinski definition) is 4. The first-order valence-corrected chi connectivity index (χ1v) is 5.59. The third-order valence-corrected chi connectivity index (χ3v) is 2.53. The van der Waals surface area contributed by atoms with Crippen LogP contribution in [0.1, 0.15) is 6.92 Å². The molecule has 1 heterocycles. The van der Waals surface area contributed by atoms with Crippen LogP contribution in [-0.4, -0.2) is 33.3 Å². The van der Waals surface area contributed by atoms with Crippen molar-refractivity contribution in [2.75, 3.05) is 13.2 Å². The number of rotatable bonds is 5. The predicted octanol–water partition coefficient (Wildman–Crippen LogP) is -1.71. The number of amides is 1. The number of nitrogens with one attached hydrogen (secondary N) is 1. The molecule has 1 aromatic heterocycles. The number of aromatic nitrogens is 2. The molecule has 0 fully saturated rings. The highest BCUT2D eigenvalue weighted by atomic mass is 16.3. The fourth-order valence-corrected chi connectivity index (χ4v) is 1.30. The molecule has 1 rings (SSSR count). The Balaban J connectivity index is 2.69. The first-order valence-electron chi connectivity index (χ1n) is 5.59. The van der Waals surface area contributed by atoms with Gasteiger partial charge in [-0.2, -0.15) is 0 Å². The lowest BCUT2D eigenvalue weighted by molar-refractivity contribution is -0.121. The first-order chi connectivity index (χ1) is 8.45. The van der Waals surface area contributed by atoms with Gasteiger partial charge in [0.15, 0.2) is 0 Å². The standard InChI is InChI=1S/C11H17N3O4/c1-8(7-15)5-12-9(16)6-14-4-3-10(17)13(2)11(14)18/h3-4,8,15H,5-7H2,1-2H3,(H,12,16). The summed E-state index contributed by atoms with van der Waals surface area (Å²) in [6.45, 7) is 1.97. The van der Waals surface area contributed by atoms with Gasteiger partial charge in [-0.3, -0.25) is 18.7 Å². The number of aliphatic hydroxyl groups excluding tert-OH is 1. The Hall–Kier alpha value is -1.89. The van der Waals surface area contributed by atoms with Crippen molar-refractivity contribution in [3.63, 3.8) is 0 Å². The van der Waals surface area contributed by atoms with Crippen LogP contribution in [0.15, 0.2) is 21.9 Å². The molecule has 2 N–H and O–H groups in total. The van der Waals surface area contributed by atoms with E-state index in [4.69, 9.17) is 5.11 Å². The Morgan fingerprint density at radius 1 is 1.50 bits per heavy atom. The molecule has 7 heteroatoms. The van der Waals surface area contributed by atoms with Crippen LogP contribution in [0.5, 0.6) is 0 Å². The highest BCUT2D eigenvalue weighted by Gasteiger charge is 2.08. The van der Waals surface area contributed by atoms with E-state index in [0.29, 0.717) is 6.54 Å². The second kappa shape index (κ2) is 6.15. The zero-order valence-electron chi connectivity index (χ0n) is 10.4. The lowest BCUT2D eigenvalue weighted by Gasteiger charge is -2.10. The molecule has 0 aliphatic heterocycles. The van der Waals surface area contributed by atoms with Crippen LogP contribution >= 0.6 is 0 Å². The van der Waals surface area contributed by atoms with E-state index in [1.165, 1.54) is 19.3 Å². The molecule has 100 valence electrons. The van der Waals surface area contributed by atoms with E-state index >= 15 is 0 Å². The molecule has 0 aliphatic carbocycles. The summed E-state index contributed by atoms with van der Waals surface area (Å²) >= 11 is 0. The third kappa shape index (κ3) is 3.56. The first kappa shape index (κ1) is 14.2. The fraction of sp³-hybridized carbons (Fsp3) is 0.545. The van der Waals surface area contributed by atoms with Crippen molar-refractivity contribution in [2.24, 2.45) is 13.0 Å². The number of hydrogen-bond donors (Lipinski definition) is 2. The summed E-state index contributed by atoms with van der Waals surface area (Å²) in [5.41, 5.74) is -0.946. The topological polar surface area (TPSA) is 93.3 Å². The molecular formula is C11H17N3O4. The van der Waals surface area contributed by atoms with Crippen LogP contribution in [0.25, 0.3) is 0 Å². The van der Waals surface area contributed by atoms with Gasteiger partial charge < -0.3 is 10.4 Å².